The van der Waals surface area contributed by atoms with Crippen molar-refractivity contribution in [1.82, 2.24) is 5.32 Å². The van der Waals surface area contributed by atoms with Gasteiger partial charge in [-0.15, -0.1) is 22.9 Å². The number of halogens is 2. The highest BCUT2D eigenvalue weighted by molar-refractivity contribution is 9.11. The van der Waals surface area contributed by atoms with Gasteiger partial charge >= 0.3 is 0 Å². The lowest BCUT2D eigenvalue weighted by Gasteiger charge is -2.14. The van der Waals surface area contributed by atoms with Crippen LogP contribution in [0.4, 0.5) is 0 Å². The molecule has 0 spiro atoms. The highest BCUT2D eigenvalue weighted by Gasteiger charge is 2.12. The van der Waals surface area contributed by atoms with Crippen molar-refractivity contribution >= 4 is 44.8 Å². The Morgan fingerprint density at radius 3 is 2.93 bits per heavy atom. The van der Waals surface area contributed by atoms with Crippen LogP contribution in [0.15, 0.2) is 15.2 Å². The largest absolute Gasteiger partial charge is 0.349 e. The van der Waals surface area contributed by atoms with E-state index in [0.717, 1.165) is 16.6 Å². The van der Waals surface area contributed by atoms with Gasteiger partial charge in [-0.2, -0.15) is 0 Å². The standard InChI is InChI=1S/C10H13BrClNOS/c1-2-8(3-4-12)13-10(14)7-5-9(11)15-6-7/h5-6,8H,2-4H2,1H3,(H,13,14). The summed E-state index contributed by atoms with van der Waals surface area (Å²) in [5, 5.41) is 4.80. The van der Waals surface area contributed by atoms with Crippen LogP contribution in [-0.2, 0) is 0 Å². The molecular formula is C10H13BrClNOS. The van der Waals surface area contributed by atoms with Crippen molar-refractivity contribution in [3.63, 3.8) is 0 Å². The van der Waals surface area contributed by atoms with Gasteiger partial charge in [-0.25, -0.2) is 0 Å². The van der Waals surface area contributed by atoms with Gasteiger partial charge in [0.25, 0.3) is 5.91 Å². The van der Waals surface area contributed by atoms with Crippen molar-refractivity contribution in [1.29, 1.82) is 0 Å². The predicted molar refractivity (Wildman–Crippen MR) is 68.9 cm³/mol. The van der Waals surface area contributed by atoms with Crippen LogP contribution in [0.3, 0.4) is 0 Å². The zero-order chi connectivity index (χ0) is 11.3. The fourth-order valence-electron chi connectivity index (χ4n) is 1.21. The Kier molecular flexibility index (Phi) is 5.64. The minimum Gasteiger partial charge on any atom is -0.349 e. The van der Waals surface area contributed by atoms with Crippen molar-refractivity contribution < 1.29 is 4.79 Å². The second-order valence-electron chi connectivity index (χ2n) is 3.20. The quantitative estimate of drug-likeness (QED) is 0.826. The fourth-order valence-corrected chi connectivity index (χ4v) is 2.61. The molecule has 1 aromatic heterocycles. The highest BCUT2D eigenvalue weighted by Crippen LogP contribution is 2.20. The third kappa shape index (κ3) is 4.13. The number of nitrogens with one attached hydrogen (secondary N) is 1. The van der Waals surface area contributed by atoms with Gasteiger partial charge in [0.15, 0.2) is 0 Å². The molecule has 1 heterocycles. The van der Waals surface area contributed by atoms with E-state index in [2.05, 4.69) is 21.2 Å². The molecule has 0 saturated carbocycles. The summed E-state index contributed by atoms with van der Waals surface area (Å²) in [6, 6.07) is 2.00. The Labute approximate surface area is 107 Å². The molecule has 0 aliphatic rings. The first-order chi connectivity index (χ1) is 7.17. The molecule has 1 unspecified atom stereocenters. The minimum absolute atomic E-state index is 0.0195. The molecule has 2 nitrogen and oxygen atoms in total. The first kappa shape index (κ1) is 13.0. The molecule has 5 heteroatoms. The molecule has 15 heavy (non-hydrogen) atoms. The number of hydrogen-bond acceptors (Lipinski definition) is 2. The van der Waals surface area contributed by atoms with Crippen LogP contribution < -0.4 is 5.32 Å². The van der Waals surface area contributed by atoms with Gasteiger partial charge in [0.05, 0.1) is 9.35 Å². The average Bonchev–Trinajstić information content (AvgIpc) is 2.64. The van der Waals surface area contributed by atoms with Gasteiger partial charge in [-0.3, -0.25) is 4.79 Å². The summed E-state index contributed by atoms with van der Waals surface area (Å²) < 4.78 is 0.970. The van der Waals surface area contributed by atoms with Crippen LogP contribution in [-0.4, -0.2) is 17.8 Å². The van der Waals surface area contributed by atoms with Gasteiger partial charge in [-0.1, -0.05) is 6.92 Å². The van der Waals surface area contributed by atoms with E-state index in [1.54, 1.807) is 0 Å². The number of hydrogen-bond donors (Lipinski definition) is 1. The van der Waals surface area contributed by atoms with E-state index in [9.17, 15) is 4.79 Å². The number of amides is 1. The van der Waals surface area contributed by atoms with Crippen LogP contribution in [0.2, 0.25) is 0 Å². The van der Waals surface area contributed by atoms with Crippen molar-refractivity contribution in [2.75, 3.05) is 5.88 Å². The van der Waals surface area contributed by atoms with Gasteiger partial charge in [-0.05, 0) is 34.8 Å². The fraction of sp³-hybridized carbons (Fsp3) is 0.500. The molecule has 0 saturated heterocycles. The molecule has 84 valence electrons. The van der Waals surface area contributed by atoms with Gasteiger partial charge in [0.1, 0.15) is 0 Å². The molecule has 0 fully saturated rings. The molecular weight excluding hydrogens is 298 g/mol. The highest BCUT2D eigenvalue weighted by atomic mass is 79.9. The zero-order valence-corrected chi connectivity index (χ0v) is 11.6. The molecule has 1 aromatic rings. The summed E-state index contributed by atoms with van der Waals surface area (Å²) in [6.45, 7) is 2.04. The van der Waals surface area contributed by atoms with Crippen LogP contribution in [0.1, 0.15) is 30.1 Å². The number of carbonyl (C=O) groups excluding carboxylic acids is 1. The lowest BCUT2D eigenvalue weighted by molar-refractivity contribution is 0.0935. The minimum atomic E-state index is -0.0195. The van der Waals surface area contributed by atoms with E-state index in [1.165, 1.54) is 11.3 Å². The molecule has 0 aliphatic carbocycles. The summed E-state index contributed by atoms with van der Waals surface area (Å²) in [7, 11) is 0. The Morgan fingerprint density at radius 2 is 2.47 bits per heavy atom. The molecule has 1 amide bonds. The smallest absolute Gasteiger partial charge is 0.252 e. The maximum atomic E-state index is 11.7. The second-order valence-corrected chi connectivity index (χ2v) is 5.86. The Hall–Kier alpha value is -0.0600. The van der Waals surface area contributed by atoms with Crippen molar-refractivity contribution in [3.05, 3.63) is 20.8 Å². The SMILES string of the molecule is CCC(CCCl)NC(=O)c1csc(Br)c1. The zero-order valence-electron chi connectivity index (χ0n) is 8.43. The normalized spacial score (nSPS) is 12.5. The van der Waals surface area contributed by atoms with Crippen molar-refractivity contribution in [2.24, 2.45) is 0 Å². The summed E-state index contributed by atoms with van der Waals surface area (Å²) in [5.74, 6) is 0.556. The molecule has 0 radical (unpaired) electrons. The Bertz CT molecular complexity index is 329. The van der Waals surface area contributed by atoms with E-state index >= 15 is 0 Å². The summed E-state index contributed by atoms with van der Waals surface area (Å²) in [6.07, 6.45) is 1.72. The third-order valence-electron chi connectivity index (χ3n) is 2.12. The lowest BCUT2D eigenvalue weighted by atomic mass is 10.1. The topological polar surface area (TPSA) is 29.1 Å². The van der Waals surface area contributed by atoms with Crippen LogP contribution in [0.5, 0.6) is 0 Å². The van der Waals surface area contributed by atoms with Gasteiger partial charge in [0, 0.05) is 17.3 Å². The molecule has 0 aromatic carbocycles. The summed E-state index contributed by atoms with van der Waals surface area (Å²) in [4.78, 5) is 11.7. The summed E-state index contributed by atoms with van der Waals surface area (Å²) in [5.41, 5.74) is 0.708. The van der Waals surface area contributed by atoms with E-state index in [1.807, 2.05) is 18.4 Å². The second kappa shape index (κ2) is 6.51. The average molecular weight is 311 g/mol. The molecule has 1 rings (SSSR count). The maximum Gasteiger partial charge on any atom is 0.252 e. The number of thiophene rings is 1. The third-order valence-corrected chi connectivity index (χ3v) is 3.84. The molecule has 1 atom stereocenters. The van der Waals surface area contributed by atoms with Gasteiger partial charge < -0.3 is 5.32 Å². The van der Waals surface area contributed by atoms with Crippen LogP contribution in [0, 0.1) is 0 Å². The Morgan fingerprint density at radius 1 is 1.73 bits per heavy atom. The number of carbonyl (C=O) groups is 1. The number of rotatable bonds is 5. The van der Waals surface area contributed by atoms with Crippen LogP contribution in [0.25, 0.3) is 0 Å². The first-order valence-corrected chi connectivity index (χ1v) is 6.99. The predicted octanol–water partition coefficient (Wildman–Crippen LogP) is 3.65. The molecule has 0 bridgehead atoms. The van der Waals surface area contributed by atoms with Crippen LogP contribution >= 0.6 is 38.9 Å². The molecule has 0 aliphatic heterocycles. The van der Waals surface area contributed by atoms with Crippen molar-refractivity contribution in [2.45, 2.75) is 25.8 Å². The van der Waals surface area contributed by atoms with E-state index in [4.69, 9.17) is 11.6 Å². The lowest BCUT2D eigenvalue weighted by Crippen LogP contribution is -2.34. The monoisotopic (exact) mass is 309 g/mol. The Balaban J connectivity index is 2.54. The maximum absolute atomic E-state index is 11.7. The summed E-state index contributed by atoms with van der Waals surface area (Å²) >= 11 is 10.5. The van der Waals surface area contributed by atoms with E-state index in [0.29, 0.717) is 11.4 Å². The van der Waals surface area contributed by atoms with Crippen molar-refractivity contribution in [3.8, 4) is 0 Å². The van der Waals surface area contributed by atoms with Gasteiger partial charge in [0.2, 0.25) is 0 Å². The first-order valence-electron chi connectivity index (χ1n) is 4.78. The number of alkyl halides is 1. The molecule has 1 N–H and O–H groups in total. The van der Waals surface area contributed by atoms with E-state index < -0.39 is 0 Å². The van der Waals surface area contributed by atoms with E-state index in [-0.39, 0.29) is 11.9 Å².